The first-order chi connectivity index (χ1) is 12.8. The Labute approximate surface area is 183 Å². The van der Waals surface area contributed by atoms with Gasteiger partial charge in [0.2, 0.25) is 0 Å². The Kier molecular flexibility index (Phi) is 154. The largest absolute Gasteiger partial charge is 0.563 e. The van der Waals surface area contributed by atoms with Crippen molar-refractivity contribution < 1.29 is 64.4 Å². The van der Waals surface area contributed by atoms with Crippen molar-refractivity contribution in [3.8, 4) is 0 Å². The van der Waals surface area contributed by atoms with Crippen molar-refractivity contribution >= 4 is 66.0 Å². The summed E-state index contributed by atoms with van der Waals surface area (Å²) < 4.78 is 16.7. The van der Waals surface area contributed by atoms with Crippen LogP contribution in [-0.4, -0.2) is 114 Å². The molecule has 0 atom stereocenters. The minimum absolute atomic E-state index is 0. The normalized spacial score (nSPS) is 7.89. The van der Waals surface area contributed by atoms with Gasteiger partial charge in [0.25, 0.3) is 0 Å². The van der Waals surface area contributed by atoms with E-state index in [1.165, 1.54) is 19.6 Å². The summed E-state index contributed by atoms with van der Waals surface area (Å²) in [4.78, 5) is 82.2. The van der Waals surface area contributed by atoms with E-state index < -0.39 is 66.0 Å². The average Bonchev–Trinajstić information content (AvgIpc) is 2.48. The van der Waals surface area contributed by atoms with Crippen molar-refractivity contribution in [1.29, 1.82) is 0 Å². The molecular formula is C8H31O14Rf7Si7. The van der Waals surface area contributed by atoms with Gasteiger partial charge in [-0.3, -0.25) is 0 Å². The Morgan fingerprint density at radius 3 is 0.639 bits per heavy atom. The van der Waals surface area contributed by atoms with E-state index in [1.807, 2.05) is 0 Å². The van der Waals surface area contributed by atoms with Crippen LogP contribution in [-0.2, 0) is 16.5 Å². The van der Waals surface area contributed by atoms with Crippen LogP contribution in [0.15, 0.2) is 26.3 Å². The van der Waals surface area contributed by atoms with Gasteiger partial charge in [-0.15, -0.1) is 26.3 Å². The molecule has 36 heavy (non-hydrogen) atoms. The third-order valence-corrected chi connectivity index (χ3v) is 8.02. The van der Waals surface area contributed by atoms with E-state index in [-0.39, 0.29) is 7.43 Å². The van der Waals surface area contributed by atoms with Gasteiger partial charge in [-0.05, 0) is 19.6 Å². The monoisotopic (exact) mass is 2420 g/mol. The van der Waals surface area contributed by atoms with E-state index in [9.17, 15) is 0 Å². The minimum Gasteiger partial charge on any atom is -0.410 e. The van der Waals surface area contributed by atoms with Gasteiger partial charge in [0.1, 0.15) is 0 Å². The average molecular weight is 2420 g/mol. The number of rotatable bonds is 8. The van der Waals surface area contributed by atoms with E-state index in [2.05, 4.69) is 42.8 Å². The molecule has 0 unspecified atom stereocenters. The topological polar surface area (TPSA) is 239 Å². The van der Waals surface area contributed by atoms with E-state index in [0.29, 0.717) is 0 Å². The summed E-state index contributed by atoms with van der Waals surface area (Å²) in [6.45, 7) is 16.2. The zero-order chi connectivity index (χ0) is 23.9. The Balaban J connectivity index is -0.0000000171. The molecule has 189 valence electrons. The smallest absolute Gasteiger partial charge is 0.410 e. The third kappa shape index (κ3) is 215. The fourth-order valence-corrected chi connectivity index (χ4v) is 4.78. The molecule has 0 amide bonds. The molecule has 0 aliphatic carbocycles. The van der Waals surface area contributed by atoms with E-state index >= 15 is 0 Å². The predicted octanol–water partition coefficient (Wildman–Crippen LogP) is -4.52. The summed E-state index contributed by atoms with van der Waals surface area (Å²) in [5, 5.41) is 0. The standard InChI is InChI=1S/2C2H4.CH7O6Si3.2CH6O4Si2.CH4.7Rf/c2*1-2;1-8(2)6-10(5)7-9(3)4;2*1-6(2)5-7(3)4;;;;;;;;/h2*1-2H2;2-5H,1H3;2*2-4H,1H3;1H4;;;;;;;. The summed E-state index contributed by atoms with van der Waals surface area (Å²) >= 11 is 0. The van der Waals surface area contributed by atoms with Gasteiger partial charge >= 0.3 is 66.0 Å². The van der Waals surface area contributed by atoms with Gasteiger partial charge in [0.05, 0.1) is 0 Å². The summed E-state index contributed by atoms with van der Waals surface area (Å²) in [5.74, 6) is 0. The molecule has 0 fully saturated rings. The van der Waals surface area contributed by atoms with Gasteiger partial charge < -0.3 is 64.4 Å². The predicted molar refractivity (Wildman–Crippen MR) is 114 cm³/mol. The molecule has 0 aromatic carbocycles. The SMILES string of the molecule is C.C=C.C=C.C[Si](O)O[Si](O)O.C[Si](O)O[Si](O)O.C[Si](O)O[Si](O)O[Si](O)O.[Rf].[Rf].[Rf].[Rf].[Rf].[Rf].[Rf]. The van der Waals surface area contributed by atoms with Crippen molar-refractivity contribution in [3.05, 3.63) is 26.3 Å². The van der Waals surface area contributed by atoms with Crippen LogP contribution in [0.2, 0.25) is 19.6 Å². The Morgan fingerprint density at radius 2 is 0.556 bits per heavy atom. The molecule has 0 aromatic rings. The summed E-state index contributed by atoms with van der Waals surface area (Å²) in [5.41, 5.74) is 0. The summed E-state index contributed by atoms with van der Waals surface area (Å²) in [6, 6.07) is 0. The first kappa shape index (κ1) is 88.1. The molecule has 0 saturated carbocycles. The molecule has 0 aromatic heterocycles. The second kappa shape index (κ2) is 63.0. The molecule has 14 nitrogen and oxygen atoms in total. The van der Waals surface area contributed by atoms with Crippen molar-refractivity contribution in [2.45, 2.75) is 27.1 Å². The molecule has 0 spiro atoms. The van der Waals surface area contributed by atoms with Crippen LogP contribution >= 0.6 is 0 Å². The van der Waals surface area contributed by atoms with Crippen LogP contribution in [0.3, 0.4) is 0 Å². The van der Waals surface area contributed by atoms with Crippen molar-refractivity contribution in [2.75, 3.05) is 0 Å². The third-order valence-electron chi connectivity index (χ3n) is 0.892. The van der Waals surface area contributed by atoms with Crippen LogP contribution in [0.4, 0.5) is 0 Å². The molecule has 7 radical (unpaired) electrons. The molecule has 0 aliphatic heterocycles. The van der Waals surface area contributed by atoms with Gasteiger partial charge in [-0.2, -0.15) is 0 Å². The molecule has 0 saturated heterocycles. The van der Waals surface area contributed by atoms with Crippen molar-refractivity contribution in [1.82, 2.24) is 0 Å². The number of hydrogen-bond donors (Lipinski definition) is 10. The first-order valence-electron chi connectivity index (χ1n) is 6.37. The van der Waals surface area contributed by atoms with Crippen molar-refractivity contribution in [2.24, 2.45) is 0 Å². The maximum Gasteiger partial charge on any atom is 0.563 e. The van der Waals surface area contributed by atoms with Crippen molar-refractivity contribution in [3.63, 3.8) is 0 Å². The van der Waals surface area contributed by atoms with E-state index in [1.54, 1.807) is 0 Å². The van der Waals surface area contributed by atoms with Gasteiger partial charge in [-0.25, -0.2) is 0 Å². The van der Waals surface area contributed by atoms with Crippen LogP contribution in [0.25, 0.3) is 0 Å². The Morgan fingerprint density at radius 1 is 0.389 bits per heavy atom. The Bertz CT molecular complexity index is 276. The quantitative estimate of drug-likeness (QED) is 0.0816. The zero-order valence-electron chi connectivity index (χ0n) is 20.4. The van der Waals surface area contributed by atoms with Crippen LogP contribution in [0, 0.1) is 0 Å². The summed E-state index contributed by atoms with van der Waals surface area (Å²) in [7, 11) is -16.6. The molecule has 10 N–H and O–H groups in total. The molecule has 0 bridgehead atoms. The molecule has 0 aliphatic rings. The minimum atomic E-state index is -2.90. The molecule has 0 heterocycles. The van der Waals surface area contributed by atoms with Crippen LogP contribution < -0.4 is 0 Å². The first-order valence-corrected chi connectivity index (χ1v) is 17.1. The van der Waals surface area contributed by atoms with Crippen LogP contribution in [0.5, 0.6) is 0 Å². The second-order valence-electron chi connectivity index (χ2n) is 3.08. The maximum atomic E-state index is 8.62. The molecular weight excluding hydrogens is 2390 g/mol. The van der Waals surface area contributed by atoms with E-state index in [0.717, 1.165) is 0 Å². The molecule has 0 rings (SSSR count). The van der Waals surface area contributed by atoms with Gasteiger partial charge in [0.15, 0.2) is 0 Å². The fourth-order valence-electron chi connectivity index (χ4n) is 0.490. The summed E-state index contributed by atoms with van der Waals surface area (Å²) in [6.07, 6.45) is 0. The Hall–Kier alpha value is -6.56. The second-order valence-corrected chi connectivity index (χ2v) is 11.7. The van der Waals surface area contributed by atoms with Crippen LogP contribution in [0.1, 0.15) is 7.43 Å². The van der Waals surface area contributed by atoms with E-state index in [4.69, 9.17) is 48.0 Å². The maximum absolute atomic E-state index is 8.62. The zero-order valence-corrected chi connectivity index (χ0v) is 72.2. The fraction of sp³-hybridized carbons (Fsp3) is 0.500. The van der Waals surface area contributed by atoms with Gasteiger partial charge in [0, 0.05) is 0 Å². The van der Waals surface area contributed by atoms with Gasteiger partial charge in [-0.1, -0.05) is 7.43 Å². The number of hydrogen-bond acceptors (Lipinski definition) is 14. The molecule has 28 heteroatoms.